The molecule has 4 heterocycles. The molecule has 0 saturated carbocycles. The molecule has 2 saturated heterocycles. The Morgan fingerprint density at radius 3 is 2.75 bits per heavy atom. The largest absolute Gasteiger partial charge is 0.368 e. The standard InChI is InChI=1S/C20H25N5O3/c1-2-15-12-18(26)23-19(22-15)14-5-6-17(21-13-14)24-7-9-25(10-8-24)20(27)16-4-3-11-28-16/h5-6,12-13,16H,2-4,7-11H2,1H3,(H,22,23,26). The van der Waals surface area contributed by atoms with Crippen LogP contribution < -0.4 is 10.5 Å². The molecule has 4 rings (SSSR count). The van der Waals surface area contributed by atoms with Crippen LogP contribution in [0, 0.1) is 0 Å². The van der Waals surface area contributed by atoms with Crippen molar-refractivity contribution in [3.63, 3.8) is 0 Å². The van der Waals surface area contributed by atoms with Gasteiger partial charge in [0.2, 0.25) is 0 Å². The van der Waals surface area contributed by atoms with Crippen LogP contribution in [0.2, 0.25) is 0 Å². The number of nitrogens with zero attached hydrogens (tertiary/aromatic N) is 4. The molecule has 1 atom stereocenters. The summed E-state index contributed by atoms with van der Waals surface area (Å²) in [5.74, 6) is 1.52. The number of hydrogen-bond acceptors (Lipinski definition) is 6. The lowest BCUT2D eigenvalue weighted by molar-refractivity contribution is -0.141. The summed E-state index contributed by atoms with van der Waals surface area (Å²) in [5.41, 5.74) is 1.39. The Labute approximate surface area is 163 Å². The molecule has 8 heteroatoms. The lowest BCUT2D eigenvalue weighted by Gasteiger charge is -2.36. The molecule has 1 N–H and O–H groups in total. The molecule has 2 aliphatic heterocycles. The Kier molecular flexibility index (Phi) is 5.38. The lowest BCUT2D eigenvalue weighted by atomic mass is 10.2. The minimum Gasteiger partial charge on any atom is -0.368 e. The molecule has 0 radical (unpaired) electrons. The highest BCUT2D eigenvalue weighted by atomic mass is 16.5. The average molecular weight is 383 g/mol. The molecule has 148 valence electrons. The van der Waals surface area contributed by atoms with Crippen molar-refractivity contribution in [3.05, 3.63) is 40.4 Å². The number of pyridine rings is 1. The van der Waals surface area contributed by atoms with E-state index in [9.17, 15) is 9.59 Å². The molecule has 2 aromatic heterocycles. The Morgan fingerprint density at radius 1 is 1.29 bits per heavy atom. The van der Waals surface area contributed by atoms with Crippen LogP contribution in [0.3, 0.4) is 0 Å². The van der Waals surface area contributed by atoms with Crippen LogP contribution in [-0.4, -0.2) is 64.6 Å². The number of aromatic amines is 1. The molecule has 28 heavy (non-hydrogen) atoms. The van der Waals surface area contributed by atoms with Gasteiger partial charge in [0, 0.05) is 56.3 Å². The van der Waals surface area contributed by atoms with Crippen molar-refractivity contribution < 1.29 is 9.53 Å². The van der Waals surface area contributed by atoms with Crippen LogP contribution in [0.25, 0.3) is 11.4 Å². The molecule has 1 amide bonds. The van der Waals surface area contributed by atoms with Crippen LogP contribution in [0.4, 0.5) is 5.82 Å². The van der Waals surface area contributed by atoms with Crippen molar-refractivity contribution in [2.75, 3.05) is 37.7 Å². The van der Waals surface area contributed by atoms with Crippen LogP contribution in [-0.2, 0) is 16.0 Å². The Balaban J connectivity index is 1.40. The number of rotatable bonds is 4. The average Bonchev–Trinajstić information content (AvgIpc) is 3.28. The van der Waals surface area contributed by atoms with Gasteiger partial charge in [-0.25, -0.2) is 9.97 Å². The predicted molar refractivity (Wildman–Crippen MR) is 105 cm³/mol. The summed E-state index contributed by atoms with van der Waals surface area (Å²) in [5, 5.41) is 0. The molecule has 0 aromatic carbocycles. The van der Waals surface area contributed by atoms with Crippen LogP contribution >= 0.6 is 0 Å². The molecule has 2 fully saturated rings. The summed E-state index contributed by atoms with van der Waals surface area (Å²) in [7, 11) is 0. The molecule has 0 spiro atoms. The van der Waals surface area contributed by atoms with Gasteiger partial charge in [-0.15, -0.1) is 0 Å². The van der Waals surface area contributed by atoms with Gasteiger partial charge < -0.3 is 19.5 Å². The van der Waals surface area contributed by atoms with E-state index in [1.807, 2.05) is 24.0 Å². The zero-order valence-corrected chi connectivity index (χ0v) is 16.1. The lowest BCUT2D eigenvalue weighted by Crippen LogP contribution is -2.51. The highest BCUT2D eigenvalue weighted by Crippen LogP contribution is 2.20. The summed E-state index contributed by atoms with van der Waals surface area (Å²) in [4.78, 5) is 40.1. The van der Waals surface area contributed by atoms with E-state index in [-0.39, 0.29) is 17.6 Å². The summed E-state index contributed by atoms with van der Waals surface area (Å²) in [6, 6.07) is 5.37. The second-order valence-electron chi connectivity index (χ2n) is 7.16. The van der Waals surface area contributed by atoms with Gasteiger partial charge in [0.1, 0.15) is 17.7 Å². The van der Waals surface area contributed by atoms with Gasteiger partial charge >= 0.3 is 0 Å². The summed E-state index contributed by atoms with van der Waals surface area (Å²) < 4.78 is 5.51. The van der Waals surface area contributed by atoms with E-state index < -0.39 is 0 Å². The first-order valence-electron chi connectivity index (χ1n) is 9.86. The third-order valence-electron chi connectivity index (χ3n) is 5.30. The van der Waals surface area contributed by atoms with Crippen molar-refractivity contribution in [1.82, 2.24) is 19.9 Å². The van der Waals surface area contributed by atoms with Crippen molar-refractivity contribution in [3.8, 4) is 11.4 Å². The molecule has 8 nitrogen and oxygen atoms in total. The van der Waals surface area contributed by atoms with Gasteiger partial charge in [-0.05, 0) is 31.4 Å². The third kappa shape index (κ3) is 3.91. The normalized spacial score (nSPS) is 19.8. The van der Waals surface area contributed by atoms with E-state index in [2.05, 4.69) is 19.9 Å². The number of anilines is 1. The van der Waals surface area contributed by atoms with Gasteiger partial charge in [-0.2, -0.15) is 0 Å². The van der Waals surface area contributed by atoms with Gasteiger partial charge in [0.25, 0.3) is 11.5 Å². The fraction of sp³-hybridized carbons (Fsp3) is 0.500. The van der Waals surface area contributed by atoms with E-state index in [1.165, 1.54) is 6.07 Å². The predicted octanol–water partition coefficient (Wildman–Crippen LogP) is 1.22. The second-order valence-corrected chi connectivity index (χ2v) is 7.16. The highest BCUT2D eigenvalue weighted by Gasteiger charge is 2.30. The topological polar surface area (TPSA) is 91.4 Å². The Morgan fingerprint density at radius 2 is 2.11 bits per heavy atom. The SMILES string of the molecule is CCc1cc(=O)[nH]c(-c2ccc(N3CCN(C(=O)C4CCCO4)CC3)nc2)n1. The second kappa shape index (κ2) is 8.10. The van der Waals surface area contributed by atoms with Crippen LogP contribution in [0.15, 0.2) is 29.2 Å². The molecular weight excluding hydrogens is 358 g/mol. The fourth-order valence-electron chi connectivity index (χ4n) is 3.67. The summed E-state index contributed by atoms with van der Waals surface area (Å²) in [6.07, 6.45) is 3.98. The quantitative estimate of drug-likeness (QED) is 0.854. The van der Waals surface area contributed by atoms with E-state index in [0.717, 1.165) is 43.0 Å². The van der Waals surface area contributed by atoms with Crippen LogP contribution in [0.5, 0.6) is 0 Å². The van der Waals surface area contributed by atoms with Crippen molar-refractivity contribution >= 4 is 11.7 Å². The first-order chi connectivity index (χ1) is 13.6. The number of piperazine rings is 1. The highest BCUT2D eigenvalue weighted by molar-refractivity contribution is 5.81. The minimum absolute atomic E-state index is 0.117. The van der Waals surface area contributed by atoms with Gasteiger partial charge in [0.15, 0.2) is 0 Å². The third-order valence-corrected chi connectivity index (χ3v) is 5.30. The summed E-state index contributed by atoms with van der Waals surface area (Å²) >= 11 is 0. The first-order valence-corrected chi connectivity index (χ1v) is 9.86. The number of aromatic nitrogens is 3. The summed E-state index contributed by atoms with van der Waals surface area (Å²) in [6.45, 7) is 5.49. The first kappa shape index (κ1) is 18.6. The zero-order chi connectivity index (χ0) is 19.5. The molecule has 0 aliphatic carbocycles. The van der Waals surface area contributed by atoms with Crippen molar-refractivity contribution in [2.24, 2.45) is 0 Å². The number of carbonyl (C=O) groups is 1. The number of amides is 1. The molecule has 2 aromatic rings. The van der Waals surface area contributed by atoms with E-state index in [0.29, 0.717) is 31.9 Å². The van der Waals surface area contributed by atoms with Crippen molar-refractivity contribution in [2.45, 2.75) is 32.3 Å². The maximum atomic E-state index is 12.5. The van der Waals surface area contributed by atoms with Crippen LogP contribution in [0.1, 0.15) is 25.5 Å². The van der Waals surface area contributed by atoms with Gasteiger partial charge in [-0.3, -0.25) is 9.59 Å². The van der Waals surface area contributed by atoms with E-state index in [4.69, 9.17) is 4.74 Å². The number of nitrogens with one attached hydrogen (secondary N) is 1. The van der Waals surface area contributed by atoms with Crippen molar-refractivity contribution in [1.29, 1.82) is 0 Å². The maximum Gasteiger partial charge on any atom is 0.251 e. The number of hydrogen-bond donors (Lipinski definition) is 1. The molecule has 0 bridgehead atoms. The fourth-order valence-corrected chi connectivity index (χ4v) is 3.67. The monoisotopic (exact) mass is 383 g/mol. The van der Waals surface area contributed by atoms with Gasteiger partial charge in [-0.1, -0.05) is 6.92 Å². The maximum absolute atomic E-state index is 12.5. The molecule has 1 unspecified atom stereocenters. The Hall–Kier alpha value is -2.74. The minimum atomic E-state index is -0.252. The Bertz CT molecular complexity index is 881. The smallest absolute Gasteiger partial charge is 0.251 e. The number of carbonyl (C=O) groups excluding carboxylic acids is 1. The van der Waals surface area contributed by atoms with E-state index >= 15 is 0 Å². The molecule has 2 aliphatic rings. The molecular formula is C20H25N5O3. The number of H-pyrrole nitrogens is 1. The zero-order valence-electron chi connectivity index (χ0n) is 16.1. The number of aryl methyl sites for hydroxylation is 1. The van der Waals surface area contributed by atoms with E-state index in [1.54, 1.807) is 6.20 Å². The van der Waals surface area contributed by atoms with Gasteiger partial charge in [0.05, 0.1) is 0 Å². The number of ether oxygens (including phenoxy) is 1.